The first-order valence-corrected chi connectivity index (χ1v) is 8.92. The fourth-order valence-corrected chi connectivity index (χ4v) is 4.18. The highest BCUT2D eigenvalue weighted by molar-refractivity contribution is 7.09. The fraction of sp³-hybridized carbons (Fsp3) is 0.400. The largest absolute Gasteiger partial charge is 0.481 e. The number of carboxylic acid groups (broad SMARTS) is 1. The number of amides is 1. The van der Waals surface area contributed by atoms with E-state index in [9.17, 15) is 14.7 Å². The van der Waals surface area contributed by atoms with Crippen LogP contribution in [0.1, 0.15) is 29.5 Å². The number of thiophene rings is 1. The van der Waals surface area contributed by atoms with E-state index in [1.54, 1.807) is 21.7 Å². The van der Waals surface area contributed by atoms with Gasteiger partial charge in [-0.05, 0) is 24.3 Å². The second-order valence-corrected chi connectivity index (χ2v) is 7.01. The molecule has 0 aliphatic carbocycles. The number of carbonyl (C=O) groups is 2. The maximum Gasteiger partial charge on any atom is 0.309 e. The Bertz CT molecular complexity index is 640. The van der Waals surface area contributed by atoms with Gasteiger partial charge in [0.1, 0.15) is 0 Å². The summed E-state index contributed by atoms with van der Waals surface area (Å²) in [7, 11) is 0. The number of piperidine rings is 1. The van der Waals surface area contributed by atoms with Gasteiger partial charge in [-0.3, -0.25) is 9.59 Å². The molecule has 1 fully saturated rings. The standard InChI is InChI=1S/C15H16N2O3S2/c18-13-4-3-11(15(19)20)14(12-8-21-9-16-12)17(13)6-5-10-2-1-7-22-10/h1-2,7-9,11,14H,3-6H2,(H,19,20). The van der Waals surface area contributed by atoms with E-state index in [-0.39, 0.29) is 5.91 Å². The highest BCUT2D eigenvalue weighted by Gasteiger charge is 2.41. The van der Waals surface area contributed by atoms with Crippen molar-refractivity contribution in [1.82, 2.24) is 9.88 Å². The summed E-state index contributed by atoms with van der Waals surface area (Å²) in [6, 6.07) is 3.56. The van der Waals surface area contributed by atoms with E-state index in [0.29, 0.717) is 25.1 Å². The van der Waals surface area contributed by atoms with Gasteiger partial charge in [-0.15, -0.1) is 22.7 Å². The Morgan fingerprint density at radius 2 is 2.36 bits per heavy atom. The summed E-state index contributed by atoms with van der Waals surface area (Å²) >= 11 is 3.08. The molecule has 1 amide bonds. The molecule has 116 valence electrons. The predicted molar refractivity (Wildman–Crippen MR) is 85.0 cm³/mol. The number of hydrogen-bond acceptors (Lipinski definition) is 5. The number of aromatic nitrogens is 1. The van der Waals surface area contributed by atoms with Crippen molar-refractivity contribution in [2.75, 3.05) is 6.54 Å². The summed E-state index contributed by atoms with van der Waals surface area (Å²) < 4.78 is 0. The zero-order valence-electron chi connectivity index (χ0n) is 11.8. The maximum atomic E-state index is 12.3. The molecule has 0 spiro atoms. The molecule has 3 rings (SSSR count). The number of rotatable bonds is 5. The van der Waals surface area contributed by atoms with Crippen molar-refractivity contribution in [2.45, 2.75) is 25.3 Å². The predicted octanol–water partition coefficient (Wildman–Crippen LogP) is 2.81. The lowest BCUT2D eigenvalue weighted by Gasteiger charge is -2.38. The van der Waals surface area contributed by atoms with Crippen molar-refractivity contribution in [3.05, 3.63) is 39.0 Å². The van der Waals surface area contributed by atoms with Crippen LogP contribution in [0.3, 0.4) is 0 Å². The van der Waals surface area contributed by atoms with Crippen LogP contribution < -0.4 is 0 Å². The van der Waals surface area contributed by atoms with Crippen molar-refractivity contribution in [2.24, 2.45) is 5.92 Å². The van der Waals surface area contributed by atoms with Gasteiger partial charge in [-0.2, -0.15) is 0 Å². The van der Waals surface area contributed by atoms with E-state index in [4.69, 9.17) is 0 Å². The van der Waals surface area contributed by atoms with E-state index in [1.165, 1.54) is 16.2 Å². The van der Waals surface area contributed by atoms with E-state index in [1.807, 2.05) is 22.9 Å². The molecule has 0 bridgehead atoms. The number of thiazole rings is 1. The van der Waals surface area contributed by atoms with E-state index >= 15 is 0 Å². The first-order valence-electron chi connectivity index (χ1n) is 7.09. The minimum Gasteiger partial charge on any atom is -0.481 e. The smallest absolute Gasteiger partial charge is 0.309 e. The fourth-order valence-electron chi connectivity index (χ4n) is 2.89. The average molecular weight is 336 g/mol. The van der Waals surface area contributed by atoms with Crippen LogP contribution in [0.5, 0.6) is 0 Å². The highest BCUT2D eigenvalue weighted by atomic mass is 32.1. The second-order valence-electron chi connectivity index (χ2n) is 5.26. The van der Waals surface area contributed by atoms with Gasteiger partial charge < -0.3 is 10.0 Å². The molecule has 7 heteroatoms. The van der Waals surface area contributed by atoms with Gasteiger partial charge in [0.2, 0.25) is 5.91 Å². The summed E-state index contributed by atoms with van der Waals surface area (Å²) in [6.45, 7) is 0.533. The Balaban J connectivity index is 1.85. The zero-order valence-corrected chi connectivity index (χ0v) is 13.5. The van der Waals surface area contributed by atoms with Crippen molar-refractivity contribution in [3.63, 3.8) is 0 Å². The van der Waals surface area contributed by atoms with Crippen LogP contribution in [0.4, 0.5) is 0 Å². The summed E-state index contributed by atoms with van der Waals surface area (Å²) in [6.07, 6.45) is 1.42. The van der Waals surface area contributed by atoms with Crippen LogP contribution >= 0.6 is 22.7 Å². The number of carbonyl (C=O) groups excluding carboxylic acids is 1. The lowest BCUT2D eigenvalue weighted by molar-refractivity contribution is -0.152. The normalized spacial score (nSPS) is 22.0. The number of aliphatic carboxylic acids is 1. The van der Waals surface area contributed by atoms with Crippen molar-refractivity contribution >= 4 is 34.6 Å². The van der Waals surface area contributed by atoms with Crippen LogP contribution in [-0.4, -0.2) is 33.4 Å². The molecule has 0 saturated carbocycles. The Labute approximate surface area is 136 Å². The minimum absolute atomic E-state index is 0.0204. The molecule has 1 aliphatic heterocycles. The summed E-state index contributed by atoms with van der Waals surface area (Å²) in [4.78, 5) is 31.1. The van der Waals surface area contributed by atoms with Crippen molar-refractivity contribution in [1.29, 1.82) is 0 Å². The average Bonchev–Trinajstić information content (AvgIpc) is 3.18. The quantitative estimate of drug-likeness (QED) is 0.911. The molecule has 0 radical (unpaired) electrons. The van der Waals surface area contributed by atoms with Crippen LogP contribution in [0.25, 0.3) is 0 Å². The van der Waals surface area contributed by atoms with Gasteiger partial charge in [-0.1, -0.05) is 6.07 Å². The van der Waals surface area contributed by atoms with Crippen molar-refractivity contribution in [3.8, 4) is 0 Å². The molecule has 2 aromatic heterocycles. The third kappa shape index (κ3) is 3.05. The van der Waals surface area contributed by atoms with Gasteiger partial charge in [0.05, 0.1) is 23.2 Å². The van der Waals surface area contributed by atoms with Crippen LogP contribution in [0, 0.1) is 5.92 Å². The Kier molecular flexibility index (Phi) is 4.54. The molecule has 2 aromatic rings. The molecular formula is C15H16N2O3S2. The second kappa shape index (κ2) is 6.58. The number of hydrogen-bond donors (Lipinski definition) is 1. The molecule has 1 saturated heterocycles. The lowest BCUT2D eigenvalue weighted by Crippen LogP contribution is -2.46. The molecular weight excluding hydrogens is 320 g/mol. The monoisotopic (exact) mass is 336 g/mol. The Hall–Kier alpha value is -1.73. The van der Waals surface area contributed by atoms with E-state index in [0.717, 1.165) is 6.42 Å². The summed E-state index contributed by atoms with van der Waals surface area (Å²) in [5.74, 6) is -1.41. The third-order valence-electron chi connectivity index (χ3n) is 3.96. The Morgan fingerprint density at radius 3 is 3.00 bits per heavy atom. The first-order chi connectivity index (χ1) is 10.7. The molecule has 1 N–H and O–H groups in total. The lowest BCUT2D eigenvalue weighted by atomic mass is 9.87. The van der Waals surface area contributed by atoms with E-state index in [2.05, 4.69) is 4.98 Å². The number of nitrogens with zero attached hydrogens (tertiary/aromatic N) is 2. The molecule has 3 heterocycles. The van der Waals surface area contributed by atoms with Gasteiger partial charge in [0, 0.05) is 23.2 Å². The summed E-state index contributed by atoms with van der Waals surface area (Å²) in [5.41, 5.74) is 2.38. The van der Waals surface area contributed by atoms with Crippen LogP contribution in [0.15, 0.2) is 28.4 Å². The van der Waals surface area contributed by atoms with Gasteiger partial charge >= 0.3 is 5.97 Å². The number of likely N-dealkylation sites (tertiary alicyclic amines) is 1. The molecule has 5 nitrogen and oxygen atoms in total. The molecule has 1 aliphatic rings. The van der Waals surface area contributed by atoms with Crippen molar-refractivity contribution < 1.29 is 14.7 Å². The van der Waals surface area contributed by atoms with Gasteiger partial charge in [-0.25, -0.2) is 4.98 Å². The topological polar surface area (TPSA) is 70.5 Å². The van der Waals surface area contributed by atoms with Crippen LogP contribution in [0.2, 0.25) is 0 Å². The molecule has 0 aromatic carbocycles. The zero-order chi connectivity index (χ0) is 15.5. The molecule has 22 heavy (non-hydrogen) atoms. The maximum absolute atomic E-state index is 12.3. The molecule has 2 unspecified atom stereocenters. The minimum atomic E-state index is -0.855. The first kappa shape index (κ1) is 15.2. The van der Waals surface area contributed by atoms with Gasteiger partial charge in [0.25, 0.3) is 0 Å². The van der Waals surface area contributed by atoms with E-state index < -0.39 is 17.9 Å². The Morgan fingerprint density at radius 1 is 1.50 bits per heavy atom. The highest BCUT2D eigenvalue weighted by Crippen LogP contribution is 2.36. The van der Waals surface area contributed by atoms with Gasteiger partial charge in [0.15, 0.2) is 0 Å². The molecule has 2 atom stereocenters. The SMILES string of the molecule is O=C(O)C1CCC(=O)N(CCc2cccs2)C1c1cscn1. The number of carboxylic acids is 1. The van der Waals surface area contributed by atoms with Crippen LogP contribution in [-0.2, 0) is 16.0 Å². The summed E-state index contributed by atoms with van der Waals surface area (Å²) in [5, 5.41) is 13.4. The third-order valence-corrected chi connectivity index (χ3v) is 5.50.